The summed E-state index contributed by atoms with van der Waals surface area (Å²) in [6, 6.07) is 4.56. The lowest BCUT2D eigenvalue weighted by Gasteiger charge is -2.30. The first kappa shape index (κ1) is 16.7. The summed E-state index contributed by atoms with van der Waals surface area (Å²) in [4.78, 5) is 0.194. The van der Waals surface area contributed by atoms with Crippen LogP contribution in [0.2, 0.25) is 0 Å². The molecule has 1 aromatic carbocycles. The molecule has 2 unspecified atom stereocenters. The number of aliphatic hydroxyl groups excluding tert-OH is 1. The molecule has 118 valence electrons. The number of nitrogen functional groups attached to an aromatic ring is 1. The number of nitrogens with one attached hydrogen (secondary N) is 1. The fraction of sp³-hybridized carbons (Fsp3) is 0.571. The Labute approximate surface area is 134 Å². The predicted octanol–water partition coefficient (Wildman–Crippen LogP) is 2.11. The van der Waals surface area contributed by atoms with E-state index < -0.39 is 10.0 Å². The van der Waals surface area contributed by atoms with E-state index in [1.54, 1.807) is 6.07 Å². The molecule has 0 heterocycles. The van der Waals surface area contributed by atoms with Crippen molar-refractivity contribution in [2.75, 3.05) is 18.9 Å². The third-order valence-corrected chi connectivity index (χ3v) is 6.23. The summed E-state index contributed by atoms with van der Waals surface area (Å²) in [7, 11) is -3.55. The van der Waals surface area contributed by atoms with E-state index in [1.165, 1.54) is 12.1 Å². The zero-order chi connectivity index (χ0) is 15.5. The van der Waals surface area contributed by atoms with Crippen molar-refractivity contribution in [1.82, 2.24) is 4.72 Å². The van der Waals surface area contributed by atoms with E-state index in [-0.39, 0.29) is 23.3 Å². The van der Waals surface area contributed by atoms with Gasteiger partial charge in [0.25, 0.3) is 0 Å². The van der Waals surface area contributed by atoms with Gasteiger partial charge in [-0.1, -0.05) is 12.8 Å². The Kier molecular flexibility index (Phi) is 5.65. The third kappa shape index (κ3) is 4.18. The molecule has 1 fully saturated rings. The molecule has 0 aliphatic heterocycles. The first-order valence-electron chi connectivity index (χ1n) is 7.09. The van der Waals surface area contributed by atoms with E-state index in [1.807, 2.05) is 0 Å². The lowest BCUT2D eigenvalue weighted by atomic mass is 9.80. The van der Waals surface area contributed by atoms with E-state index >= 15 is 0 Å². The second-order valence-corrected chi connectivity index (χ2v) is 8.14. The summed E-state index contributed by atoms with van der Waals surface area (Å²) in [6.45, 7) is 0.495. The summed E-state index contributed by atoms with van der Waals surface area (Å²) >= 11 is 3.24. The molecule has 1 aliphatic rings. The minimum absolute atomic E-state index is 0.125. The summed E-state index contributed by atoms with van der Waals surface area (Å²) in [5.74, 6) is 0.398. The molecule has 0 bridgehead atoms. The van der Waals surface area contributed by atoms with E-state index in [0.29, 0.717) is 16.7 Å². The molecule has 4 N–H and O–H groups in total. The number of nitrogens with two attached hydrogens (primary N) is 1. The van der Waals surface area contributed by atoms with Gasteiger partial charge in [-0.2, -0.15) is 0 Å². The number of benzene rings is 1. The molecule has 1 aliphatic carbocycles. The predicted molar refractivity (Wildman–Crippen MR) is 86.3 cm³/mol. The molecular weight excluding hydrogens is 356 g/mol. The summed E-state index contributed by atoms with van der Waals surface area (Å²) in [5, 5.41) is 9.38. The van der Waals surface area contributed by atoms with E-state index in [0.717, 1.165) is 25.7 Å². The molecular formula is C14H21BrN2O3S. The molecule has 1 aromatic rings. The summed E-state index contributed by atoms with van der Waals surface area (Å²) in [6.07, 6.45) is 4.13. The Hall–Kier alpha value is -0.630. The molecule has 5 nitrogen and oxygen atoms in total. The van der Waals surface area contributed by atoms with E-state index in [2.05, 4.69) is 20.7 Å². The van der Waals surface area contributed by atoms with Crippen molar-refractivity contribution in [2.24, 2.45) is 11.8 Å². The normalized spacial score (nSPS) is 23.1. The number of hydrogen-bond donors (Lipinski definition) is 3. The van der Waals surface area contributed by atoms with Gasteiger partial charge in [-0.25, -0.2) is 13.1 Å². The van der Waals surface area contributed by atoms with E-state index in [4.69, 9.17) is 5.73 Å². The summed E-state index contributed by atoms with van der Waals surface area (Å²) < 4.78 is 27.8. The first-order valence-corrected chi connectivity index (χ1v) is 9.37. The first-order chi connectivity index (χ1) is 9.94. The molecule has 2 rings (SSSR count). The van der Waals surface area contributed by atoms with Gasteiger partial charge in [-0.3, -0.25) is 0 Å². The van der Waals surface area contributed by atoms with Gasteiger partial charge in [-0.05, 0) is 58.8 Å². The molecule has 0 spiro atoms. The second-order valence-electron chi connectivity index (χ2n) is 5.52. The zero-order valence-electron chi connectivity index (χ0n) is 11.8. The fourth-order valence-electron chi connectivity index (χ4n) is 2.77. The van der Waals surface area contributed by atoms with Crippen LogP contribution < -0.4 is 10.5 Å². The second kappa shape index (κ2) is 7.09. The van der Waals surface area contributed by atoms with Crippen molar-refractivity contribution in [3.63, 3.8) is 0 Å². The highest BCUT2D eigenvalue weighted by molar-refractivity contribution is 9.10. The highest BCUT2D eigenvalue weighted by atomic mass is 79.9. The molecule has 7 heteroatoms. The van der Waals surface area contributed by atoms with Gasteiger partial charge in [0.05, 0.1) is 4.90 Å². The van der Waals surface area contributed by atoms with E-state index in [9.17, 15) is 13.5 Å². The molecule has 0 saturated heterocycles. The Morgan fingerprint density at radius 3 is 2.57 bits per heavy atom. The highest BCUT2D eigenvalue weighted by Crippen LogP contribution is 2.29. The lowest BCUT2D eigenvalue weighted by molar-refractivity contribution is 0.136. The van der Waals surface area contributed by atoms with Crippen molar-refractivity contribution in [3.05, 3.63) is 22.7 Å². The molecule has 2 atom stereocenters. The fourth-order valence-corrected chi connectivity index (χ4v) is 4.42. The van der Waals surface area contributed by atoms with Crippen LogP contribution in [-0.4, -0.2) is 26.7 Å². The lowest BCUT2D eigenvalue weighted by Crippen LogP contribution is -2.35. The SMILES string of the molecule is Nc1ccc(S(=O)(=O)NCC2CCCCC2CO)cc1Br. The van der Waals surface area contributed by atoms with Crippen molar-refractivity contribution in [2.45, 2.75) is 30.6 Å². The van der Waals surface area contributed by atoms with Crippen molar-refractivity contribution in [3.8, 4) is 0 Å². The number of sulfonamides is 1. The zero-order valence-corrected chi connectivity index (χ0v) is 14.2. The van der Waals surface area contributed by atoms with Crippen molar-refractivity contribution >= 4 is 31.6 Å². The van der Waals surface area contributed by atoms with Crippen LogP contribution in [0.4, 0.5) is 5.69 Å². The average molecular weight is 377 g/mol. The minimum atomic E-state index is -3.55. The molecule has 21 heavy (non-hydrogen) atoms. The van der Waals surface area contributed by atoms with Crippen molar-refractivity contribution in [1.29, 1.82) is 0 Å². The van der Waals surface area contributed by atoms with Crippen LogP contribution in [0, 0.1) is 11.8 Å². The summed E-state index contributed by atoms with van der Waals surface area (Å²) in [5.41, 5.74) is 6.17. The van der Waals surface area contributed by atoms with Crippen LogP contribution in [-0.2, 0) is 10.0 Å². The van der Waals surface area contributed by atoms with Gasteiger partial charge in [-0.15, -0.1) is 0 Å². The topological polar surface area (TPSA) is 92.4 Å². The van der Waals surface area contributed by atoms with Crippen LogP contribution >= 0.6 is 15.9 Å². The van der Waals surface area contributed by atoms with Crippen molar-refractivity contribution < 1.29 is 13.5 Å². The van der Waals surface area contributed by atoms with Gasteiger partial charge in [0.1, 0.15) is 0 Å². The number of hydrogen-bond acceptors (Lipinski definition) is 4. The molecule has 0 amide bonds. The maximum atomic E-state index is 12.3. The third-order valence-electron chi connectivity index (χ3n) is 4.12. The Morgan fingerprint density at radius 2 is 1.95 bits per heavy atom. The number of rotatable bonds is 5. The average Bonchev–Trinajstić information content (AvgIpc) is 2.48. The van der Waals surface area contributed by atoms with Crippen LogP contribution in [0.3, 0.4) is 0 Å². The highest BCUT2D eigenvalue weighted by Gasteiger charge is 2.26. The van der Waals surface area contributed by atoms with Crippen LogP contribution in [0.15, 0.2) is 27.6 Å². The molecule has 1 saturated carbocycles. The van der Waals surface area contributed by atoms with Gasteiger partial charge in [0, 0.05) is 23.3 Å². The van der Waals surface area contributed by atoms with Crippen LogP contribution in [0.1, 0.15) is 25.7 Å². The smallest absolute Gasteiger partial charge is 0.240 e. The Balaban J connectivity index is 2.05. The molecule has 0 radical (unpaired) electrons. The quantitative estimate of drug-likeness (QED) is 0.686. The Morgan fingerprint density at radius 1 is 1.29 bits per heavy atom. The maximum Gasteiger partial charge on any atom is 0.240 e. The van der Waals surface area contributed by atoms with Gasteiger partial charge in [0.2, 0.25) is 10.0 Å². The number of halogens is 1. The largest absolute Gasteiger partial charge is 0.398 e. The molecule has 0 aromatic heterocycles. The van der Waals surface area contributed by atoms with Crippen LogP contribution in [0.5, 0.6) is 0 Å². The monoisotopic (exact) mass is 376 g/mol. The standard InChI is InChI=1S/C14H21BrN2O3S/c15-13-7-12(5-6-14(13)16)21(19,20)17-8-10-3-1-2-4-11(10)9-18/h5-7,10-11,17-18H,1-4,8-9,16H2. The maximum absolute atomic E-state index is 12.3. The van der Waals surface area contributed by atoms with Gasteiger partial charge < -0.3 is 10.8 Å². The number of anilines is 1. The minimum Gasteiger partial charge on any atom is -0.398 e. The van der Waals surface area contributed by atoms with Crippen LogP contribution in [0.25, 0.3) is 0 Å². The van der Waals surface area contributed by atoms with Gasteiger partial charge in [0.15, 0.2) is 0 Å². The Bertz CT molecular complexity index is 592. The number of aliphatic hydroxyl groups is 1. The van der Waals surface area contributed by atoms with Gasteiger partial charge >= 0.3 is 0 Å².